The number of ether oxygens (including phenoxy) is 1. The van der Waals surface area contributed by atoms with Crippen molar-refractivity contribution >= 4 is 5.78 Å². The van der Waals surface area contributed by atoms with E-state index in [9.17, 15) is 4.79 Å². The van der Waals surface area contributed by atoms with Crippen LogP contribution in [0.4, 0.5) is 0 Å². The summed E-state index contributed by atoms with van der Waals surface area (Å²) >= 11 is 0. The first-order chi connectivity index (χ1) is 7.29. The number of methoxy groups -OCH3 is 1. The minimum absolute atomic E-state index is 0.329. The first-order valence-electron chi connectivity index (χ1n) is 5.37. The SMILES string of the molecule is COC[C@@]1(c2ccccc2)CCCC1=O. The van der Waals surface area contributed by atoms with Crippen LogP contribution in [0.5, 0.6) is 0 Å². The molecule has 0 amide bonds. The second-order valence-corrected chi connectivity index (χ2v) is 4.16. The number of benzene rings is 1. The molecule has 15 heavy (non-hydrogen) atoms. The van der Waals surface area contributed by atoms with Gasteiger partial charge >= 0.3 is 0 Å². The van der Waals surface area contributed by atoms with E-state index in [2.05, 4.69) is 0 Å². The molecule has 2 heteroatoms. The lowest BCUT2D eigenvalue weighted by atomic mass is 9.79. The normalized spacial score (nSPS) is 25.8. The Balaban J connectivity index is 2.39. The maximum absolute atomic E-state index is 12.0. The van der Waals surface area contributed by atoms with Gasteiger partial charge in [-0.2, -0.15) is 0 Å². The van der Waals surface area contributed by atoms with E-state index in [1.54, 1.807) is 7.11 Å². The first-order valence-corrected chi connectivity index (χ1v) is 5.37. The lowest BCUT2D eigenvalue weighted by molar-refractivity contribution is -0.123. The zero-order chi connectivity index (χ0) is 10.7. The van der Waals surface area contributed by atoms with Gasteiger partial charge in [0.25, 0.3) is 0 Å². The molecule has 0 heterocycles. The zero-order valence-corrected chi connectivity index (χ0v) is 9.03. The van der Waals surface area contributed by atoms with E-state index in [-0.39, 0.29) is 5.41 Å². The van der Waals surface area contributed by atoms with Gasteiger partial charge in [0.1, 0.15) is 5.78 Å². The van der Waals surface area contributed by atoms with E-state index in [1.165, 1.54) is 0 Å². The largest absolute Gasteiger partial charge is 0.383 e. The van der Waals surface area contributed by atoms with Crippen molar-refractivity contribution in [3.05, 3.63) is 35.9 Å². The summed E-state index contributed by atoms with van der Waals surface area (Å²) in [6, 6.07) is 10.0. The highest BCUT2D eigenvalue weighted by molar-refractivity contribution is 5.92. The Morgan fingerprint density at radius 2 is 2.07 bits per heavy atom. The average molecular weight is 204 g/mol. The Labute approximate surface area is 90.3 Å². The van der Waals surface area contributed by atoms with E-state index in [4.69, 9.17) is 4.74 Å². The highest BCUT2D eigenvalue weighted by Crippen LogP contribution is 2.38. The second kappa shape index (κ2) is 4.15. The number of ketones is 1. The van der Waals surface area contributed by atoms with Gasteiger partial charge in [-0.05, 0) is 18.4 Å². The quantitative estimate of drug-likeness (QED) is 0.755. The highest BCUT2D eigenvalue weighted by atomic mass is 16.5. The number of carbonyl (C=O) groups is 1. The average Bonchev–Trinajstić information content (AvgIpc) is 2.63. The Morgan fingerprint density at radius 3 is 2.60 bits per heavy atom. The minimum atomic E-state index is -0.365. The zero-order valence-electron chi connectivity index (χ0n) is 9.03. The maximum atomic E-state index is 12.0. The van der Waals surface area contributed by atoms with Gasteiger partial charge in [-0.1, -0.05) is 30.3 Å². The molecule has 80 valence electrons. The summed E-state index contributed by atoms with van der Waals surface area (Å²) in [5, 5.41) is 0. The van der Waals surface area contributed by atoms with Crippen LogP contribution in [-0.4, -0.2) is 19.5 Å². The maximum Gasteiger partial charge on any atom is 0.145 e. The highest BCUT2D eigenvalue weighted by Gasteiger charge is 2.43. The van der Waals surface area contributed by atoms with Crippen LogP contribution in [-0.2, 0) is 14.9 Å². The Hall–Kier alpha value is -1.15. The molecule has 0 radical (unpaired) electrons. The number of rotatable bonds is 3. The molecule has 1 aromatic rings. The molecule has 1 aliphatic carbocycles. The van der Waals surface area contributed by atoms with Crippen LogP contribution in [0.25, 0.3) is 0 Å². The Bertz CT molecular complexity index is 345. The molecule has 0 spiro atoms. The van der Waals surface area contributed by atoms with Crippen molar-refractivity contribution in [3.8, 4) is 0 Å². The topological polar surface area (TPSA) is 26.3 Å². The van der Waals surface area contributed by atoms with Gasteiger partial charge in [0, 0.05) is 13.5 Å². The molecule has 1 fully saturated rings. The van der Waals surface area contributed by atoms with Crippen LogP contribution in [0.1, 0.15) is 24.8 Å². The van der Waals surface area contributed by atoms with Crippen LogP contribution in [0.15, 0.2) is 30.3 Å². The van der Waals surface area contributed by atoms with Crippen LogP contribution >= 0.6 is 0 Å². The Kier molecular flexibility index (Phi) is 2.87. The molecule has 1 saturated carbocycles. The molecule has 2 nitrogen and oxygen atoms in total. The van der Waals surface area contributed by atoms with Crippen molar-refractivity contribution in [2.75, 3.05) is 13.7 Å². The lowest BCUT2D eigenvalue weighted by Crippen LogP contribution is -2.35. The predicted molar refractivity (Wildman–Crippen MR) is 58.9 cm³/mol. The monoisotopic (exact) mass is 204 g/mol. The molecule has 0 unspecified atom stereocenters. The third kappa shape index (κ3) is 1.70. The number of hydrogen-bond donors (Lipinski definition) is 0. The third-order valence-corrected chi connectivity index (χ3v) is 3.26. The lowest BCUT2D eigenvalue weighted by Gasteiger charge is -2.26. The van der Waals surface area contributed by atoms with E-state index in [0.717, 1.165) is 18.4 Å². The summed E-state index contributed by atoms with van der Waals surface area (Å²) in [4.78, 5) is 12.0. The van der Waals surface area contributed by atoms with Crippen LogP contribution in [0.2, 0.25) is 0 Å². The fourth-order valence-corrected chi connectivity index (χ4v) is 2.47. The fraction of sp³-hybridized carbons (Fsp3) is 0.462. The van der Waals surface area contributed by atoms with Crippen molar-refractivity contribution in [1.29, 1.82) is 0 Å². The molecule has 0 aliphatic heterocycles. The predicted octanol–water partition coefficient (Wildman–Crippen LogP) is 2.32. The second-order valence-electron chi connectivity index (χ2n) is 4.16. The van der Waals surface area contributed by atoms with Crippen LogP contribution < -0.4 is 0 Å². The summed E-state index contributed by atoms with van der Waals surface area (Å²) in [6.45, 7) is 0.510. The molecule has 1 aliphatic rings. The van der Waals surface area contributed by atoms with Gasteiger partial charge in [0.05, 0.1) is 12.0 Å². The molecule has 0 aromatic heterocycles. The Morgan fingerprint density at radius 1 is 1.33 bits per heavy atom. The molecule has 1 aromatic carbocycles. The van der Waals surface area contributed by atoms with Gasteiger partial charge < -0.3 is 4.74 Å². The number of Topliss-reactive ketones (excluding diaryl/α,β-unsaturated/α-hetero) is 1. The van der Waals surface area contributed by atoms with Crippen LogP contribution in [0.3, 0.4) is 0 Å². The van der Waals surface area contributed by atoms with Gasteiger partial charge in [0.15, 0.2) is 0 Å². The number of carbonyl (C=O) groups excluding carboxylic acids is 1. The van der Waals surface area contributed by atoms with E-state index < -0.39 is 0 Å². The number of hydrogen-bond acceptors (Lipinski definition) is 2. The van der Waals surface area contributed by atoms with Crippen molar-refractivity contribution < 1.29 is 9.53 Å². The summed E-state index contributed by atoms with van der Waals surface area (Å²) < 4.78 is 5.23. The smallest absolute Gasteiger partial charge is 0.145 e. The van der Waals surface area contributed by atoms with E-state index in [1.807, 2.05) is 30.3 Å². The molecule has 2 rings (SSSR count). The summed E-state index contributed by atoms with van der Waals surface area (Å²) in [6.07, 6.45) is 2.60. The molecule has 0 bridgehead atoms. The third-order valence-electron chi connectivity index (χ3n) is 3.26. The fourth-order valence-electron chi connectivity index (χ4n) is 2.47. The summed E-state index contributed by atoms with van der Waals surface area (Å²) in [7, 11) is 1.66. The molecular formula is C13H16O2. The van der Waals surface area contributed by atoms with Crippen molar-refractivity contribution in [2.24, 2.45) is 0 Å². The van der Waals surface area contributed by atoms with Crippen LogP contribution in [0, 0.1) is 0 Å². The molecule has 1 atom stereocenters. The van der Waals surface area contributed by atoms with Crippen molar-refractivity contribution in [2.45, 2.75) is 24.7 Å². The minimum Gasteiger partial charge on any atom is -0.383 e. The first kappa shape index (κ1) is 10.4. The van der Waals surface area contributed by atoms with E-state index in [0.29, 0.717) is 18.8 Å². The van der Waals surface area contributed by atoms with E-state index >= 15 is 0 Å². The molecular weight excluding hydrogens is 188 g/mol. The van der Waals surface area contributed by atoms with Gasteiger partial charge in [-0.15, -0.1) is 0 Å². The summed E-state index contributed by atoms with van der Waals surface area (Å²) in [5.41, 5.74) is 0.741. The molecule has 0 saturated heterocycles. The standard InChI is InChI=1S/C13H16O2/c1-15-10-13(9-5-8-12(13)14)11-6-3-2-4-7-11/h2-4,6-7H,5,8-10H2,1H3/t13-/m1/s1. The molecule has 0 N–H and O–H groups in total. The van der Waals surface area contributed by atoms with Gasteiger partial charge in [0.2, 0.25) is 0 Å². The van der Waals surface area contributed by atoms with Crippen molar-refractivity contribution in [3.63, 3.8) is 0 Å². The van der Waals surface area contributed by atoms with Gasteiger partial charge in [-0.25, -0.2) is 0 Å². The van der Waals surface area contributed by atoms with Crippen molar-refractivity contribution in [1.82, 2.24) is 0 Å². The van der Waals surface area contributed by atoms with Gasteiger partial charge in [-0.3, -0.25) is 4.79 Å². The summed E-state index contributed by atoms with van der Waals surface area (Å²) in [5.74, 6) is 0.329.